The molecule has 0 amide bonds. The molecule has 2 rings (SSSR count). The van der Waals surface area contributed by atoms with E-state index in [0.717, 1.165) is 37.9 Å². The van der Waals surface area contributed by atoms with Crippen LogP contribution in [0.4, 0.5) is 0 Å². The van der Waals surface area contributed by atoms with E-state index in [1.807, 2.05) is 0 Å². The van der Waals surface area contributed by atoms with Crippen LogP contribution < -0.4 is 4.74 Å². The minimum Gasteiger partial charge on any atom is -0.492 e. The average molecular weight is 304 g/mol. The highest BCUT2D eigenvalue weighted by Gasteiger charge is 2.17. The maximum absolute atomic E-state index is 5.90. The van der Waals surface area contributed by atoms with Crippen LogP contribution >= 0.6 is 0 Å². The normalized spacial score (nSPS) is 19.5. The van der Waals surface area contributed by atoms with E-state index in [-0.39, 0.29) is 0 Å². The number of benzene rings is 1. The van der Waals surface area contributed by atoms with Crippen LogP contribution in [-0.4, -0.2) is 56.2 Å². The molecule has 1 fully saturated rings. The summed E-state index contributed by atoms with van der Waals surface area (Å²) in [7, 11) is 4.25. The Kier molecular flexibility index (Phi) is 7.20. The molecule has 3 nitrogen and oxygen atoms in total. The quantitative estimate of drug-likeness (QED) is 0.732. The lowest BCUT2D eigenvalue weighted by Gasteiger charge is -2.33. The van der Waals surface area contributed by atoms with E-state index in [1.54, 1.807) is 0 Å². The Morgan fingerprint density at radius 2 is 1.95 bits per heavy atom. The van der Waals surface area contributed by atoms with Crippen LogP contribution in [0.1, 0.15) is 38.2 Å². The lowest BCUT2D eigenvalue weighted by atomic mass is 10.0. The standard InChI is InChI=1S/C19H32N2O/c1-17-7-4-5-14-21(17)15-16-22-19-11-9-18(10-12-19)8-6-13-20(2)3/h9-12,17H,4-8,13-16H2,1-3H3. The molecule has 1 aliphatic heterocycles. The predicted molar refractivity (Wildman–Crippen MR) is 93.7 cm³/mol. The van der Waals surface area contributed by atoms with E-state index in [4.69, 9.17) is 4.74 Å². The molecule has 1 aliphatic rings. The third-order valence-corrected chi connectivity index (χ3v) is 4.58. The molecule has 0 saturated carbocycles. The van der Waals surface area contributed by atoms with E-state index in [2.05, 4.69) is 55.1 Å². The molecule has 0 spiro atoms. The van der Waals surface area contributed by atoms with Gasteiger partial charge in [-0.3, -0.25) is 4.90 Å². The first-order chi connectivity index (χ1) is 10.6. The van der Waals surface area contributed by atoms with Gasteiger partial charge in [0.2, 0.25) is 0 Å². The van der Waals surface area contributed by atoms with Gasteiger partial charge < -0.3 is 9.64 Å². The minimum absolute atomic E-state index is 0.719. The average Bonchev–Trinajstić information content (AvgIpc) is 2.50. The van der Waals surface area contributed by atoms with Gasteiger partial charge >= 0.3 is 0 Å². The molecule has 1 aromatic carbocycles. The molecule has 1 aromatic rings. The van der Waals surface area contributed by atoms with Gasteiger partial charge in [-0.25, -0.2) is 0 Å². The number of nitrogens with zero attached hydrogens (tertiary/aromatic N) is 2. The zero-order valence-corrected chi connectivity index (χ0v) is 14.6. The second-order valence-electron chi connectivity index (χ2n) is 6.78. The van der Waals surface area contributed by atoms with Crippen molar-refractivity contribution >= 4 is 0 Å². The van der Waals surface area contributed by atoms with Crippen LogP contribution in [0.25, 0.3) is 0 Å². The van der Waals surface area contributed by atoms with Crippen LogP contribution in [0, 0.1) is 0 Å². The lowest BCUT2D eigenvalue weighted by molar-refractivity contribution is 0.133. The van der Waals surface area contributed by atoms with Crippen LogP contribution in [0.15, 0.2) is 24.3 Å². The van der Waals surface area contributed by atoms with Crippen molar-refractivity contribution in [2.45, 2.75) is 45.1 Å². The summed E-state index contributed by atoms with van der Waals surface area (Å²) in [6.07, 6.45) is 6.41. The fourth-order valence-electron chi connectivity index (χ4n) is 3.12. The molecule has 0 bridgehead atoms. The third kappa shape index (κ3) is 5.98. The van der Waals surface area contributed by atoms with Gasteiger partial charge in [-0.05, 0) is 77.5 Å². The maximum Gasteiger partial charge on any atom is 0.119 e. The van der Waals surface area contributed by atoms with Crippen molar-refractivity contribution in [1.82, 2.24) is 9.80 Å². The molecule has 0 N–H and O–H groups in total. The first-order valence-electron chi connectivity index (χ1n) is 8.75. The fourth-order valence-corrected chi connectivity index (χ4v) is 3.12. The van der Waals surface area contributed by atoms with Crippen molar-refractivity contribution in [2.75, 3.05) is 40.3 Å². The topological polar surface area (TPSA) is 15.7 Å². The zero-order chi connectivity index (χ0) is 15.8. The highest BCUT2D eigenvalue weighted by Crippen LogP contribution is 2.17. The van der Waals surface area contributed by atoms with Gasteiger partial charge in [0.15, 0.2) is 0 Å². The van der Waals surface area contributed by atoms with E-state index in [1.165, 1.54) is 37.8 Å². The summed E-state index contributed by atoms with van der Waals surface area (Å²) in [4.78, 5) is 4.79. The number of ether oxygens (including phenoxy) is 1. The Bertz CT molecular complexity index is 416. The Morgan fingerprint density at radius 1 is 1.18 bits per heavy atom. The largest absolute Gasteiger partial charge is 0.492 e. The zero-order valence-electron chi connectivity index (χ0n) is 14.6. The van der Waals surface area contributed by atoms with Gasteiger partial charge in [-0.2, -0.15) is 0 Å². The van der Waals surface area contributed by atoms with Gasteiger partial charge in [-0.1, -0.05) is 18.6 Å². The smallest absolute Gasteiger partial charge is 0.119 e. The molecule has 3 heteroatoms. The van der Waals surface area contributed by atoms with Crippen LogP contribution in [0.2, 0.25) is 0 Å². The molecule has 0 aliphatic carbocycles. The van der Waals surface area contributed by atoms with Gasteiger partial charge in [0, 0.05) is 12.6 Å². The van der Waals surface area contributed by atoms with Gasteiger partial charge in [0.05, 0.1) is 0 Å². The van der Waals surface area contributed by atoms with Crippen molar-refractivity contribution in [3.63, 3.8) is 0 Å². The summed E-state index contributed by atoms with van der Waals surface area (Å²) in [5.41, 5.74) is 1.40. The van der Waals surface area contributed by atoms with Crippen molar-refractivity contribution in [2.24, 2.45) is 0 Å². The number of hydrogen-bond donors (Lipinski definition) is 0. The monoisotopic (exact) mass is 304 g/mol. The maximum atomic E-state index is 5.90. The number of rotatable bonds is 8. The van der Waals surface area contributed by atoms with E-state index < -0.39 is 0 Å². The van der Waals surface area contributed by atoms with E-state index in [9.17, 15) is 0 Å². The van der Waals surface area contributed by atoms with Gasteiger partial charge in [-0.15, -0.1) is 0 Å². The van der Waals surface area contributed by atoms with E-state index >= 15 is 0 Å². The fraction of sp³-hybridized carbons (Fsp3) is 0.684. The Labute approximate surface area is 136 Å². The molecule has 1 heterocycles. The van der Waals surface area contributed by atoms with E-state index in [0.29, 0.717) is 0 Å². The lowest BCUT2D eigenvalue weighted by Crippen LogP contribution is -2.39. The summed E-state index contributed by atoms with van der Waals surface area (Å²) >= 11 is 0. The second kappa shape index (κ2) is 9.16. The highest BCUT2D eigenvalue weighted by atomic mass is 16.5. The summed E-state index contributed by atoms with van der Waals surface area (Å²) in [6.45, 7) is 6.55. The predicted octanol–water partition coefficient (Wildman–Crippen LogP) is 3.43. The van der Waals surface area contributed by atoms with Crippen LogP contribution in [0.5, 0.6) is 5.75 Å². The SMILES string of the molecule is CC1CCCCN1CCOc1ccc(CCCN(C)C)cc1. The summed E-state index contributed by atoms with van der Waals surface area (Å²) in [5, 5.41) is 0. The molecule has 1 saturated heterocycles. The summed E-state index contributed by atoms with van der Waals surface area (Å²) in [6, 6.07) is 9.36. The van der Waals surface area contributed by atoms with Crippen molar-refractivity contribution in [3.8, 4) is 5.75 Å². The number of likely N-dealkylation sites (tertiary alicyclic amines) is 1. The molecular formula is C19H32N2O. The Balaban J connectivity index is 1.67. The second-order valence-corrected chi connectivity index (χ2v) is 6.78. The first-order valence-corrected chi connectivity index (χ1v) is 8.75. The van der Waals surface area contributed by atoms with Crippen molar-refractivity contribution < 1.29 is 4.74 Å². The molecule has 0 radical (unpaired) electrons. The molecule has 124 valence electrons. The minimum atomic E-state index is 0.719. The van der Waals surface area contributed by atoms with Gasteiger partial charge in [0.25, 0.3) is 0 Å². The third-order valence-electron chi connectivity index (χ3n) is 4.58. The molecule has 22 heavy (non-hydrogen) atoms. The molecule has 1 atom stereocenters. The summed E-state index contributed by atoms with van der Waals surface area (Å²) in [5.74, 6) is 1.00. The van der Waals surface area contributed by atoms with Crippen LogP contribution in [-0.2, 0) is 6.42 Å². The van der Waals surface area contributed by atoms with Gasteiger partial charge in [0.1, 0.15) is 12.4 Å². The van der Waals surface area contributed by atoms with Crippen molar-refractivity contribution in [1.29, 1.82) is 0 Å². The molecule has 0 aromatic heterocycles. The number of hydrogen-bond acceptors (Lipinski definition) is 3. The Hall–Kier alpha value is -1.06. The Morgan fingerprint density at radius 3 is 2.64 bits per heavy atom. The summed E-state index contributed by atoms with van der Waals surface area (Å²) < 4.78 is 5.90. The highest BCUT2D eigenvalue weighted by molar-refractivity contribution is 5.27. The first kappa shape index (κ1) is 17.3. The van der Waals surface area contributed by atoms with Crippen molar-refractivity contribution in [3.05, 3.63) is 29.8 Å². The number of piperidine rings is 1. The van der Waals surface area contributed by atoms with Crippen LogP contribution in [0.3, 0.4) is 0 Å². The number of aryl methyl sites for hydroxylation is 1. The molecule has 1 unspecified atom stereocenters. The molecular weight excluding hydrogens is 272 g/mol.